The maximum absolute atomic E-state index is 9.45. The number of hydrogen-bond donors (Lipinski definition) is 0. The molecular weight excluding hydrogens is 298 g/mol. The number of nitriles is 1. The molecule has 3 nitrogen and oxygen atoms in total. The number of aryl methyl sites for hydroxylation is 2. The quantitative estimate of drug-likeness (QED) is 0.636. The van der Waals surface area contributed by atoms with E-state index in [0.717, 1.165) is 22.1 Å². The van der Waals surface area contributed by atoms with Crippen LogP contribution >= 0.6 is 0 Å². The average Bonchev–Trinajstić information content (AvgIpc) is 2.59. The normalized spacial score (nSPS) is 10.4. The average molecular weight is 317 g/mol. The Morgan fingerprint density at radius 3 is 2.33 bits per heavy atom. The van der Waals surface area contributed by atoms with Crippen molar-refractivity contribution >= 4 is 10.8 Å². The van der Waals surface area contributed by atoms with Gasteiger partial charge in [0.15, 0.2) is 0 Å². The fourth-order valence-electron chi connectivity index (χ4n) is 2.75. The molecule has 0 spiro atoms. The Bertz CT molecular complexity index is 909. The maximum atomic E-state index is 9.45. The molecular formula is C21H19NO2. The van der Waals surface area contributed by atoms with E-state index in [-0.39, 0.29) is 0 Å². The van der Waals surface area contributed by atoms with Crippen LogP contribution in [0, 0.1) is 25.2 Å². The molecule has 3 aromatic carbocycles. The third kappa shape index (κ3) is 3.33. The molecule has 3 rings (SSSR count). The Kier molecular flexibility index (Phi) is 4.67. The van der Waals surface area contributed by atoms with Crippen molar-refractivity contribution in [1.82, 2.24) is 0 Å². The molecule has 0 N–H and O–H groups in total. The van der Waals surface area contributed by atoms with Crippen LogP contribution in [-0.2, 0) is 0 Å². The predicted molar refractivity (Wildman–Crippen MR) is 95.6 cm³/mol. The molecule has 24 heavy (non-hydrogen) atoms. The van der Waals surface area contributed by atoms with Gasteiger partial charge in [-0.3, -0.25) is 0 Å². The third-order valence-electron chi connectivity index (χ3n) is 3.93. The lowest BCUT2D eigenvalue weighted by molar-refractivity contribution is 0.216. The van der Waals surface area contributed by atoms with Crippen molar-refractivity contribution in [1.29, 1.82) is 5.26 Å². The van der Waals surface area contributed by atoms with Crippen LogP contribution in [0.3, 0.4) is 0 Å². The summed E-state index contributed by atoms with van der Waals surface area (Å²) in [4.78, 5) is 0. The zero-order chi connectivity index (χ0) is 16.9. The Labute approximate surface area is 142 Å². The first-order valence-electron chi connectivity index (χ1n) is 7.94. The first-order valence-corrected chi connectivity index (χ1v) is 7.94. The maximum Gasteiger partial charge on any atom is 0.137 e. The second-order valence-corrected chi connectivity index (χ2v) is 5.74. The smallest absolute Gasteiger partial charge is 0.137 e. The van der Waals surface area contributed by atoms with E-state index in [1.165, 1.54) is 5.56 Å². The van der Waals surface area contributed by atoms with Gasteiger partial charge in [-0.05, 0) is 36.9 Å². The first-order chi connectivity index (χ1) is 11.7. The Morgan fingerprint density at radius 1 is 0.875 bits per heavy atom. The topological polar surface area (TPSA) is 42.2 Å². The molecule has 0 aliphatic heterocycles. The van der Waals surface area contributed by atoms with Gasteiger partial charge < -0.3 is 9.47 Å². The molecule has 120 valence electrons. The van der Waals surface area contributed by atoms with Gasteiger partial charge in [0.2, 0.25) is 0 Å². The van der Waals surface area contributed by atoms with Crippen LogP contribution in [0.1, 0.15) is 16.7 Å². The monoisotopic (exact) mass is 317 g/mol. The van der Waals surface area contributed by atoms with Crippen molar-refractivity contribution in [2.45, 2.75) is 13.8 Å². The fraction of sp³-hybridized carbons (Fsp3) is 0.190. The summed E-state index contributed by atoms with van der Waals surface area (Å²) in [5.74, 6) is 1.46. The van der Waals surface area contributed by atoms with Crippen LogP contribution in [0.5, 0.6) is 11.5 Å². The van der Waals surface area contributed by atoms with Gasteiger partial charge in [-0.2, -0.15) is 5.26 Å². The van der Waals surface area contributed by atoms with Crippen molar-refractivity contribution in [3.05, 3.63) is 71.3 Å². The number of benzene rings is 3. The van der Waals surface area contributed by atoms with Gasteiger partial charge in [-0.15, -0.1) is 0 Å². The highest BCUT2D eigenvalue weighted by Crippen LogP contribution is 2.27. The van der Waals surface area contributed by atoms with Gasteiger partial charge in [0.05, 0.1) is 0 Å². The van der Waals surface area contributed by atoms with E-state index >= 15 is 0 Å². The van der Waals surface area contributed by atoms with E-state index < -0.39 is 0 Å². The summed E-state index contributed by atoms with van der Waals surface area (Å²) < 4.78 is 11.5. The third-order valence-corrected chi connectivity index (χ3v) is 3.93. The molecule has 3 aromatic rings. The summed E-state index contributed by atoms with van der Waals surface area (Å²) in [5.41, 5.74) is 2.89. The van der Waals surface area contributed by atoms with Gasteiger partial charge >= 0.3 is 0 Å². The van der Waals surface area contributed by atoms with Crippen LogP contribution in [0.25, 0.3) is 10.8 Å². The second-order valence-electron chi connectivity index (χ2n) is 5.74. The molecule has 0 unspecified atom stereocenters. The molecule has 3 heteroatoms. The minimum absolute atomic E-state index is 0.389. The van der Waals surface area contributed by atoms with Gasteiger partial charge in [-0.25, -0.2) is 0 Å². The van der Waals surface area contributed by atoms with Gasteiger partial charge in [0.1, 0.15) is 36.3 Å². The minimum Gasteiger partial charge on any atom is -0.490 e. The molecule has 0 radical (unpaired) electrons. The molecule has 0 fully saturated rings. The molecule has 0 aromatic heterocycles. The van der Waals surface area contributed by atoms with Gasteiger partial charge in [-0.1, -0.05) is 48.0 Å². The van der Waals surface area contributed by atoms with E-state index in [0.29, 0.717) is 24.5 Å². The summed E-state index contributed by atoms with van der Waals surface area (Å²) in [6, 6.07) is 20.0. The molecule has 0 heterocycles. The van der Waals surface area contributed by atoms with E-state index in [4.69, 9.17) is 9.47 Å². The Hall–Kier alpha value is -2.99. The van der Waals surface area contributed by atoms with Crippen LogP contribution in [0.4, 0.5) is 0 Å². The lowest BCUT2D eigenvalue weighted by Crippen LogP contribution is -2.10. The zero-order valence-corrected chi connectivity index (χ0v) is 13.9. The van der Waals surface area contributed by atoms with Gasteiger partial charge in [0.25, 0.3) is 0 Å². The lowest BCUT2D eigenvalue weighted by atomic mass is 10.0. The largest absolute Gasteiger partial charge is 0.490 e. The highest BCUT2D eigenvalue weighted by atomic mass is 16.5. The van der Waals surface area contributed by atoms with Crippen LogP contribution in [0.15, 0.2) is 54.6 Å². The van der Waals surface area contributed by atoms with Gasteiger partial charge in [0, 0.05) is 5.39 Å². The SMILES string of the molecule is Cc1ccc(OCCOc2ccc3ccccc3c2C#N)c(C)c1. The molecule has 0 amide bonds. The molecule has 0 aliphatic rings. The Morgan fingerprint density at radius 2 is 1.58 bits per heavy atom. The number of nitrogens with zero attached hydrogens (tertiary/aromatic N) is 1. The molecule has 0 aliphatic carbocycles. The molecule has 0 bridgehead atoms. The summed E-state index contributed by atoms with van der Waals surface area (Å²) in [5, 5.41) is 11.4. The fourth-order valence-corrected chi connectivity index (χ4v) is 2.75. The van der Waals surface area contributed by atoms with Crippen molar-refractivity contribution in [3.8, 4) is 17.6 Å². The highest BCUT2D eigenvalue weighted by Gasteiger charge is 2.08. The number of fused-ring (bicyclic) bond motifs is 1. The van der Waals surface area contributed by atoms with Crippen molar-refractivity contribution in [2.75, 3.05) is 13.2 Å². The first kappa shape index (κ1) is 15.9. The number of ether oxygens (including phenoxy) is 2. The number of hydrogen-bond acceptors (Lipinski definition) is 3. The standard InChI is InChI=1S/C21H19NO2/c1-15-7-9-20(16(2)13-15)23-11-12-24-21-10-8-17-5-3-4-6-18(17)19(21)14-22/h3-10,13H,11-12H2,1-2H3. The summed E-state index contributed by atoms with van der Waals surface area (Å²) in [6.07, 6.45) is 0. The van der Waals surface area contributed by atoms with E-state index in [2.05, 4.69) is 19.1 Å². The summed E-state index contributed by atoms with van der Waals surface area (Å²) >= 11 is 0. The van der Waals surface area contributed by atoms with Crippen LogP contribution < -0.4 is 9.47 Å². The molecule has 0 atom stereocenters. The van der Waals surface area contributed by atoms with Crippen molar-refractivity contribution in [2.24, 2.45) is 0 Å². The van der Waals surface area contributed by atoms with Crippen molar-refractivity contribution in [3.63, 3.8) is 0 Å². The van der Waals surface area contributed by atoms with Crippen molar-refractivity contribution < 1.29 is 9.47 Å². The van der Waals surface area contributed by atoms with E-state index in [1.807, 2.05) is 55.5 Å². The number of rotatable bonds is 5. The lowest BCUT2D eigenvalue weighted by Gasteiger charge is -2.12. The highest BCUT2D eigenvalue weighted by molar-refractivity contribution is 5.90. The van der Waals surface area contributed by atoms with E-state index in [1.54, 1.807) is 0 Å². The van der Waals surface area contributed by atoms with E-state index in [9.17, 15) is 5.26 Å². The predicted octanol–water partition coefficient (Wildman–Crippen LogP) is 4.79. The second kappa shape index (κ2) is 7.06. The van der Waals surface area contributed by atoms with Crippen LogP contribution in [0.2, 0.25) is 0 Å². The van der Waals surface area contributed by atoms with Crippen LogP contribution in [-0.4, -0.2) is 13.2 Å². The molecule has 0 saturated carbocycles. The summed E-state index contributed by atoms with van der Waals surface area (Å²) in [7, 11) is 0. The Balaban J connectivity index is 1.67. The summed E-state index contributed by atoms with van der Waals surface area (Å²) in [6.45, 7) is 4.91. The zero-order valence-electron chi connectivity index (χ0n) is 13.9. The minimum atomic E-state index is 0.389. The molecule has 0 saturated heterocycles.